The summed E-state index contributed by atoms with van der Waals surface area (Å²) in [5, 5.41) is 3.19. The second kappa shape index (κ2) is 8.13. The highest BCUT2D eigenvalue weighted by Crippen LogP contribution is 2.36. The van der Waals surface area contributed by atoms with E-state index in [-0.39, 0.29) is 11.5 Å². The van der Waals surface area contributed by atoms with Crippen molar-refractivity contribution in [2.75, 3.05) is 18.6 Å². The quantitative estimate of drug-likeness (QED) is 0.663. The van der Waals surface area contributed by atoms with Gasteiger partial charge in [-0.05, 0) is 30.2 Å². The van der Waals surface area contributed by atoms with Gasteiger partial charge in [-0.3, -0.25) is 9.59 Å². The fourth-order valence-corrected chi connectivity index (χ4v) is 4.42. The summed E-state index contributed by atoms with van der Waals surface area (Å²) in [6, 6.07) is 20.4. The molecule has 0 saturated heterocycles. The van der Waals surface area contributed by atoms with Crippen LogP contribution < -0.4 is 15.0 Å². The molecule has 2 heterocycles. The molecule has 3 aromatic carbocycles. The lowest BCUT2D eigenvalue weighted by Gasteiger charge is -2.21. The molecule has 0 aliphatic carbocycles. The molecule has 3 aromatic rings. The van der Waals surface area contributed by atoms with Crippen molar-refractivity contribution in [3.8, 4) is 5.75 Å². The predicted molar refractivity (Wildman–Crippen MR) is 124 cm³/mol. The fraction of sp³-hybridized carbons (Fsp3) is 0.160. The van der Waals surface area contributed by atoms with Crippen molar-refractivity contribution < 1.29 is 14.3 Å². The summed E-state index contributed by atoms with van der Waals surface area (Å²) >= 11 is 6.09. The van der Waals surface area contributed by atoms with E-state index >= 15 is 0 Å². The van der Waals surface area contributed by atoms with Crippen LogP contribution in [0.5, 0.6) is 5.75 Å². The smallest absolute Gasteiger partial charge is 0.272 e. The SMILES string of the molecule is COc1ccc(Cl)cc1C(=O)NC1N=C(c2ccccc2)c2cccc3c2N(CC3)C1=O. The lowest BCUT2D eigenvalue weighted by atomic mass is 9.98. The number of para-hydroxylation sites is 1. The highest BCUT2D eigenvalue weighted by atomic mass is 35.5. The molecule has 32 heavy (non-hydrogen) atoms. The van der Waals surface area contributed by atoms with Gasteiger partial charge in [-0.15, -0.1) is 0 Å². The predicted octanol–water partition coefficient (Wildman–Crippen LogP) is 3.84. The Morgan fingerprint density at radius 2 is 1.94 bits per heavy atom. The van der Waals surface area contributed by atoms with Crippen molar-refractivity contribution in [2.45, 2.75) is 12.6 Å². The first-order valence-electron chi connectivity index (χ1n) is 10.3. The van der Waals surface area contributed by atoms with E-state index in [1.54, 1.807) is 17.0 Å². The number of aliphatic imine (C=N–C) groups is 1. The van der Waals surface area contributed by atoms with Gasteiger partial charge in [0.2, 0.25) is 6.17 Å². The van der Waals surface area contributed by atoms with Crippen LogP contribution in [0, 0.1) is 0 Å². The molecule has 0 fully saturated rings. The number of halogens is 1. The Morgan fingerprint density at radius 3 is 2.72 bits per heavy atom. The van der Waals surface area contributed by atoms with Crippen LogP contribution in [-0.2, 0) is 11.2 Å². The normalized spacial score (nSPS) is 16.8. The van der Waals surface area contributed by atoms with Crippen molar-refractivity contribution in [1.82, 2.24) is 5.32 Å². The first kappa shape index (κ1) is 20.3. The molecule has 0 spiro atoms. The molecule has 160 valence electrons. The Morgan fingerprint density at radius 1 is 1.12 bits per heavy atom. The summed E-state index contributed by atoms with van der Waals surface area (Å²) in [5.74, 6) is -0.382. The van der Waals surface area contributed by atoms with E-state index in [0.717, 1.165) is 28.8 Å². The largest absolute Gasteiger partial charge is 0.496 e. The minimum absolute atomic E-state index is 0.244. The van der Waals surface area contributed by atoms with E-state index < -0.39 is 12.1 Å². The molecular formula is C25H20ClN3O3. The Labute approximate surface area is 190 Å². The van der Waals surface area contributed by atoms with E-state index in [2.05, 4.69) is 5.32 Å². The van der Waals surface area contributed by atoms with Gasteiger partial charge in [0.05, 0.1) is 24.1 Å². The molecule has 1 N–H and O–H groups in total. The molecule has 6 nitrogen and oxygen atoms in total. The minimum Gasteiger partial charge on any atom is -0.496 e. The van der Waals surface area contributed by atoms with Gasteiger partial charge >= 0.3 is 0 Å². The molecule has 1 atom stereocenters. The third-order valence-electron chi connectivity index (χ3n) is 5.73. The maximum Gasteiger partial charge on any atom is 0.272 e. The third-order valence-corrected chi connectivity index (χ3v) is 5.96. The van der Waals surface area contributed by atoms with Crippen LogP contribution in [0.25, 0.3) is 0 Å². The summed E-state index contributed by atoms with van der Waals surface area (Å²) < 4.78 is 5.30. The fourth-order valence-electron chi connectivity index (χ4n) is 4.25. The van der Waals surface area contributed by atoms with Crippen LogP contribution in [0.15, 0.2) is 71.7 Å². The number of nitrogens with one attached hydrogen (secondary N) is 1. The van der Waals surface area contributed by atoms with Crippen molar-refractivity contribution >= 4 is 34.8 Å². The Hall–Kier alpha value is -3.64. The highest BCUT2D eigenvalue weighted by Gasteiger charge is 2.37. The zero-order chi connectivity index (χ0) is 22.2. The highest BCUT2D eigenvalue weighted by molar-refractivity contribution is 6.31. The van der Waals surface area contributed by atoms with Gasteiger partial charge in [-0.1, -0.05) is 60.1 Å². The first-order valence-corrected chi connectivity index (χ1v) is 10.7. The van der Waals surface area contributed by atoms with Crippen LogP contribution in [0.4, 0.5) is 5.69 Å². The Kier molecular flexibility index (Phi) is 5.15. The summed E-state index contributed by atoms with van der Waals surface area (Å²) in [5.41, 5.74) is 4.65. The summed E-state index contributed by atoms with van der Waals surface area (Å²) in [7, 11) is 1.48. The maximum absolute atomic E-state index is 13.5. The number of rotatable bonds is 4. The van der Waals surface area contributed by atoms with Gasteiger partial charge in [0.1, 0.15) is 5.75 Å². The molecule has 0 aromatic heterocycles. The zero-order valence-corrected chi connectivity index (χ0v) is 18.1. The molecule has 7 heteroatoms. The van der Waals surface area contributed by atoms with Crippen LogP contribution in [-0.4, -0.2) is 37.3 Å². The van der Waals surface area contributed by atoms with Crippen LogP contribution >= 0.6 is 11.6 Å². The maximum atomic E-state index is 13.5. The Bertz CT molecular complexity index is 1260. The third kappa shape index (κ3) is 3.42. The number of carbonyl (C=O) groups is 2. The lowest BCUT2D eigenvalue weighted by Crippen LogP contribution is -2.47. The van der Waals surface area contributed by atoms with Gasteiger partial charge < -0.3 is 15.0 Å². The van der Waals surface area contributed by atoms with E-state index in [4.69, 9.17) is 21.3 Å². The van der Waals surface area contributed by atoms with Gasteiger partial charge in [-0.2, -0.15) is 0 Å². The molecule has 0 bridgehead atoms. The van der Waals surface area contributed by atoms with E-state index in [0.29, 0.717) is 23.0 Å². The topological polar surface area (TPSA) is 71.0 Å². The standard InChI is InChI=1S/C25H20ClN3O3/c1-32-20-11-10-17(26)14-19(20)24(30)28-23-25(31)29-13-12-16-8-5-9-18(22(16)29)21(27-23)15-6-3-2-4-7-15/h2-11,14,23H,12-13H2,1H3,(H,28,30). The second-order valence-electron chi connectivity index (χ2n) is 7.62. The van der Waals surface area contributed by atoms with Gasteiger partial charge in [0, 0.05) is 22.7 Å². The number of nitrogens with zero attached hydrogens (tertiary/aromatic N) is 2. The van der Waals surface area contributed by atoms with Crippen molar-refractivity contribution in [3.05, 3.63) is 94.0 Å². The monoisotopic (exact) mass is 445 g/mol. The number of hydrogen-bond donors (Lipinski definition) is 1. The molecule has 2 aliphatic heterocycles. The second-order valence-corrected chi connectivity index (χ2v) is 8.05. The van der Waals surface area contributed by atoms with E-state index in [1.807, 2.05) is 48.5 Å². The van der Waals surface area contributed by atoms with Crippen LogP contribution in [0.2, 0.25) is 5.02 Å². The first-order chi connectivity index (χ1) is 15.6. The van der Waals surface area contributed by atoms with Crippen molar-refractivity contribution in [1.29, 1.82) is 0 Å². The van der Waals surface area contributed by atoms with Gasteiger partial charge in [-0.25, -0.2) is 4.99 Å². The summed E-state index contributed by atoms with van der Waals surface area (Å²) in [4.78, 5) is 33.1. The zero-order valence-electron chi connectivity index (χ0n) is 17.3. The summed E-state index contributed by atoms with van der Waals surface area (Å²) in [6.07, 6.45) is -0.320. The minimum atomic E-state index is -1.08. The average Bonchev–Trinajstić information content (AvgIpc) is 3.21. The number of ether oxygens (including phenoxy) is 1. The number of methoxy groups -OCH3 is 1. The van der Waals surface area contributed by atoms with Gasteiger partial charge in [0.25, 0.3) is 11.8 Å². The number of anilines is 1. The molecule has 2 aliphatic rings. The number of hydrogen-bond acceptors (Lipinski definition) is 4. The van der Waals surface area contributed by atoms with Crippen molar-refractivity contribution in [3.63, 3.8) is 0 Å². The van der Waals surface area contributed by atoms with Crippen LogP contribution in [0.1, 0.15) is 27.0 Å². The molecular weight excluding hydrogens is 426 g/mol. The summed E-state index contributed by atoms with van der Waals surface area (Å²) in [6.45, 7) is 0.551. The lowest BCUT2D eigenvalue weighted by molar-refractivity contribution is -0.120. The average molecular weight is 446 g/mol. The molecule has 2 amide bonds. The van der Waals surface area contributed by atoms with Crippen molar-refractivity contribution in [2.24, 2.45) is 4.99 Å². The molecule has 0 radical (unpaired) electrons. The molecule has 5 rings (SSSR count). The number of amides is 2. The molecule has 1 unspecified atom stereocenters. The molecule has 0 saturated carbocycles. The number of carbonyl (C=O) groups excluding carboxylic acids is 2. The van der Waals surface area contributed by atoms with Gasteiger partial charge in [0.15, 0.2) is 0 Å². The van der Waals surface area contributed by atoms with E-state index in [9.17, 15) is 9.59 Å². The van der Waals surface area contributed by atoms with Crippen LogP contribution in [0.3, 0.4) is 0 Å². The Balaban J connectivity index is 1.60. The number of benzene rings is 3. The van der Waals surface area contributed by atoms with E-state index in [1.165, 1.54) is 13.2 Å².